The van der Waals surface area contributed by atoms with E-state index >= 15 is 0 Å². The normalized spacial score (nSPS) is 10.6. The maximum atomic E-state index is 12.1. The van der Waals surface area contributed by atoms with Gasteiger partial charge in [0.05, 0.1) is 6.54 Å². The zero-order valence-electron chi connectivity index (χ0n) is 16.7. The molecule has 4 N–H and O–H groups in total. The zero-order chi connectivity index (χ0) is 21.2. The van der Waals surface area contributed by atoms with E-state index in [9.17, 15) is 19.2 Å². The van der Waals surface area contributed by atoms with Crippen LogP contribution >= 0.6 is 0 Å². The number of carbonyl (C=O) groups excluding carboxylic acids is 4. The van der Waals surface area contributed by atoms with Crippen molar-refractivity contribution in [1.82, 2.24) is 16.0 Å². The van der Waals surface area contributed by atoms with Gasteiger partial charge in [-0.2, -0.15) is 0 Å². The van der Waals surface area contributed by atoms with Gasteiger partial charge in [-0.3, -0.25) is 14.4 Å². The smallest absolute Gasteiger partial charge is 0.408 e. The Balaban J connectivity index is 2.23. The van der Waals surface area contributed by atoms with Crippen molar-refractivity contribution in [3.63, 3.8) is 0 Å². The molecule has 0 spiro atoms. The Morgan fingerprint density at radius 2 is 1.68 bits per heavy atom. The molecule has 9 nitrogen and oxygen atoms in total. The lowest BCUT2D eigenvalue weighted by Gasteiger charge is -2.19. The molecule has 4 amide bonds. The van der Waals surface area contributed by atoms with Crippen molar-refractivity contribution >= 4 is 29.5 Å². The molecule has 9 heteroatoms. The Hall–Kier alpha value is -3.10. The Labute approximate surface area is 164 Å². The minimum atomic E-state index is -0.656. The molecule has 0 aliphatic carbocycles. The van der Waals surface area contributed by atoms with Crippen LogP contribution in [0.1, 0.15) is 44.5 Å². The molecular formula is C19H28N4O5. The van der Waals surface area contributed by atoms with Gasteiger partial charge in [0.2, 0.25) is 11.8 Å². The van der Waals surface area contributed by atoms with Gasteiger partial charge in [-0.1, -0.05) is 6.07 Å². The van der Waals surface area contributed by atoms with Crippen LogP contribution in [0.3, 0.4) is 0 Å². The predicted octanol–water partition coefficient (Wildman–Crippen LogP) is 1.41. The average molecular weight is 392 g/mol. The van der Waals surface area contributed by atoms with Crippen LogP contribution in [0.25, 0.3) is 0 Å². The van der Waals surface area contributed by atoms with Gasteiger partial charge in [-0.25, -0.2) is 4.79 Å². The number of carbonyl (C=O) groups is 4. The molecule has 0 heterocycles. The van der Waals surface area contributed by atoms with Crippen LogP contribution in [-0.4, -0.2) is 49.1 Å². The summed E-state index contributed by atoms with van der Waals surface area (Å²) in [5, 5.41) is 10.4. The van der Waals surface area contributed by atoms with Crippen LogP contribution < -0.4 is 21.3 Å². The van der Waals surface area contributed by atoms with E-state index in [-0.39, 0.29) is 24.3 Å². The highest BCUT2D eigenvalue weighted by Gasteiger charge is 2.16. The van der Waals surface area contributed by atoms with Gasteiger partial charge < -0.3 is 26.0 Å². The summed E-state index contributed by atoms with van der Waals surface area (Å²) < 4.78 is 5.03. The van der Waals surface area contributed by atoms with E-state index in [1.165, 1.54) is 6.92 Å². The molecule has 0 saturated heterocycles. The number of nitrogens with one attached hydrogen (secondary N) is 4. The van der Waals surface area contributed by atoms with Crippen molar-refractivity contribution in [2.75, 3.05) is 25.0 Å². The maximum Gasteiger partial charge on any atom is 0.408 e. The van der Waals surface area contributed by atoms with Crippen LogP contribution in [0.2, 0.25) is 0 Å². The predicted molar refractivity (Wildman–Crippen MR) is 105 cm³/mol. The lowest BCUT2D eigenvalue weighted by molar-refractivity contribution is -0.120. The zero-order valence-corrected chi connectivity index (χ0v) is 16.7. The third-order valence-corrected chi connectivity index (χ3v) is 3.20. The Morgan fingerprint density at radius 1 is 1.00 bits per heavy atom. The van der Waals surface area contributed by atoms with Crippen molar-refractivity contribution in [3.8, 4) is 0 Å². The lowest BCUT2D eigenvalue weighted by Crippen LogP contribution is -2.40. The fourth-order valence-corrected chi connectivity index (χ4v) is 2.09. The molecule has 0 aromatic heterocycles. The lowest BCUT2D eigenvalue weighted by atomic mass is 10.2. The number of anilines is 1. The highest BCUT2D eigenvalue weighted by atomic mass is 16.6. The van der Waals surface area contributed by atoms with E-state index in [1.54, 1.807) is 45.0 Å². The summed E-state index contributed by atoms with van der Waals surface area (Å²) in [6.45, 7) is 7.12. The van der Waals surface area contributed by atoms with Crippen LogP contribution in [0.5, 0.6) is 0 Å². The molecule has 28 heavy (non-hydrogen) atoms. The Morgan fingerprint density at radius 3 is 2.32 bits per heavy atom. The molecule has 0 unspecified atom stereocenters. The van der Waals surface area contributed by atoms with Crippen molar-refractivity contribution in [2.45, 2.75) is 39.7 Å². The van der Waals surface area contributed by atoms with Crippen molar-refractivity contribution in [1.29, 1.82) is 0 Å². The monoisotopic (exact) mass is 392 g/mol. The molecule has 1 rings (SSSR count). The summed E-state index contributed by atoms with van der Waals surface area (Å²) in [5.74, 6) is -0.834. The molecule has 0 radical (unpaired) electrons. The summed E-state index contributed by atoms with van der Waals surface area (Å²) in [4.78, 5) is 46.3. The molecule has 0 bridgehead atoms. The van der Waals surface area contributed by atoms with E-state index in [1.807, 2.05) is 0 Å². The van der Waals surface area contributed by atoms with Crippen molar-refractivity contribution in [2.24, 2.45) is 0 Å². The molecular weight excluding hydrogens is 364 g/mol. The van der Waals surface area contributed by atoms with Gasteiger partial charge >= 0.3 is 6.09 Å². The second-order valence-corrected chi connectivity index (χ2v) is 7.08. The largest absolute Gasteiger partial charge is 0.444 e. The van der Waals surface area contributed by atoms with Crippen LogP contribution in [0.15, 0.2) is 24.3 Å². The standard InChI is InChI=1S/C19H28N4O5/c1-13(24)23-15-8-5-7-14(11-15)17(26)21-10-6-9-20-16(25)12-22-18(27)28-19(2,3)4/h5,7-8,11H,6,9-10,12H2,1-4H3,(H,20,25)(H,21,26)(H,22,27)(H,23,24). The molecule has 0 fully saturated rings. The third kappa shape index (κ3) is 10.1. The molecule has 154 valence electrons. The van der Waals surface area contributed by atoms with E-state index in [4.69, 9.17) is 4.74 Å². The molecule has 1 aromatic rings. The fourth-order valence-electron chi connectivity index (χ4n) is 2.09. The number of amides is 4. The quantitative estimate of drug-likeness (QED) is 0.498. The first kappa shape index (κ1) is 22.9. The summed E-state index contributed by atoms with van der Waals surface area (Å²) >= 11 is 0. The second-order valence-electron chi connectivity index (χ2n) is 7.08. The van der Waals surface area contributed by atoms with Crippen LogP contribution in [0, 0.1) is 0 Å². The summed E-state index contributed by atoms with van der Waals surface area (Å²) in [5.41, 5.74) is 0.349. The first-order valence-electron chi connectivity index (χ1n) is 8.96. The molecule has 0 atom stereocenters. The molecule has 0 aliphatic heterocycles. The second kappa shape index (κ2) is 10.9. The maximum absolute atomic E-state index is 12.1. The fraction of sp³-hybridized carbons (Fsp3) is 0.474. The van der Waals surface area contributed by atoms with E-state index in [0.717, 1.165) is 0 Å². The van der Waals surface area contributed by atoms with E-state index < -0.39 is 11.7 Å². The van der Waals surface area contributed by atoms with Gasteiger partial charge in [0.1, 0.15) is 5.60 Å². The third-order valence-electron chi connectivity index (χ3n) is 3.20. The van der Waals surface area contributed by atoms with Crippen LogP contribution in [0.4, 0.5) is 10.5 Å². The number of benzene rings is 1. The molecule has 1 aromatic carbocycles. The van der Waals surface area contributed by atoms with Gasteiger partial charge in [-0.05, 0) is 45.4 Å². The molecule has 0 aliphatic rings. The number of ether oxygens (including phenoxy) is 1. The minimum Gasteiger partial charge on any atom is -0.444 e. The van der Waals surface area contributed by atoms with Gasteiger partial charge in [0.15, 0.2) is 0 Å². The summed E-state index contributed by atoms with van der Waals surface area (Å²) in [7, 11) is 0. The van der Waals surface area contributed by atoms with Crippen LogP contribution in [-0.2, 0) is 14.3 Å². The first-order valence-corrected chi connectivity index (χ1v) is 8.96. The Kier molecular flexibility index (Phi) is 8.94. The van der Waals surface area contributed by atoms with Gasteiger partial charge in [0, 0.05) is 31.3 Å². The highest BCUT2D eigenvalue weighted by Crippen LogP contribution is 2.10. The van der Waals surface area contributed by atoms with E-state index in [2.05, 4.69) is 21.3 Å². The summed E-state index contributed by atoms with van der Waals surface area (Å²) in [6, 6.07) is 6.60. The first-order chi connectivity index (χ1) is 13.1. The number of rotatable bonds is 8. The van der Waals surface area contributed by atoms with Gasteiger partial charge in [-0.15, -0.1) is 0 Å². The average Bonchev–Trinajstić information content (AvgIpc) is 2.57. The number of hydrogen-bond acceptors (Lipinski definition) is 5. The summed E-state index contributed by atoms with van der Waals surface area (Å²) in [6.07, 6.45) is -0.133. The van der Waals surface area contributed by atoms with Crippen molar-refractivity contribution < 1.29 is 23.9 Å². The Bertz CT molecular complexity index is 713. The number of alkyl carbamates (subject to hydrolysis) is 1. The minimum absolute atomic E-state index is 0.183. The highest BCUT2D eigenvalue weighted by molar-refractivity contribution is 5.96. The SMILES string of the molecule is CC(=O)Nc1cccc(C(=O)NCCCNC(=O)CNC(=O)OC(C)(C)C)c1. The molecule has 0 saturated carbocycles. The van der Waals surface area contributed by atoms with Crippen molar-refractivity contribution in [3.05, 3.63) is 29.8 Å². The number of hydrogen-bond donors (Lipinski definition) is 4. The topological polar surface area (TPSA) is 126 Å². The van der Waals surface area contributed by atoms with E-state index in [0.29, 0.717) is 30.8 Å². The van der Waals surface area contributed by atoms with Gasteiger partial charge in [0.25, 0.3) is 5.91 Å².